The molecule has 3 aromatic heterocycles. The van der Waals surface area contributed by atoms with Crippen LogP contribution < -0.4 is 10.2 Å². The Morgan fingerprint density at radius 3 is 1.83 bits per heavy atom. The van der Waals surface area contributed by atoms with Crippen molar-refractivity contribution in [3.8, 4) is 16.9 Å². The molecule has 4 heterocycles. The van der Waals surface area contributed by atoms with Crippen LogP contribution in [0.2, 0.25) is 0 Å². The van der Waals surface area contributed by atoms with E-state index in [9.17, 15) is 0 Å². The lowest BCUT2D eigenvalue weighted by molar-refractivity contribution is 0.590. The number of hydrogen-bond donors (Lipinski definition) is 1. The predicted octanol–water partition coefficient (Wildman–Crippen LogP) is 10.1. The summed E-state index contributed by atoms with van der Waals surface area (Å²) >= 11 is 0. The first kappa shape index (κ1) is 27.5. The average molecular weight is 610 g/mol. The van der Waals surface area contributed by atoms with Gasteiger partial charge in [0.2, 0.25) is 0 Å². The number of benzene rings is 5. The van der Waals surface area contributed by atoms with Crippen molar-refractivity contribution in [1.29, 1.82) is 0 Å². The van der Waals surface area contributed by atoms with Gasteiger partial charge in [0, 0.05) is 50.9 Å². The Hall–Kier alpha value is -5.81. The van der Waals surface area contributed by atoms with E-state index in [0.29, 0.717) is 6.67 Å². The number of pyridine rings is 1. The summed E-state index contributed by atoms with van der Waals surface area (Å²) in [5.74, 6) is 1.07. The van der Waals surface area contributed by atoms with E-state index in [-0.39, 0.29) is 5.41 Å². The van der Waals surface area contributed by atoms with E-state index < -0.39 is 0 Å². The molecule has 1 aliphatic rings. The minimum atomic E-state index is -0.0291. The molecule has 0 atom stereocenters. The molecule has 9 rings (SSSR count). The van der Waals surface area contributed by atoms with Gasteiger partial charge in [0.15, 0.2) is 0 Å². The van der Waals surface area contributed by atoms with Crippen molar-refractivity contribution in [2.24, 2.45) is 0 Å². The Bertz CT molecular complexity index is 2460. The van der Waals surface area contributed by atoms with Crippen molar-refractivity contribution in [2.75, 3.05) is 11.6 Å². The highest BCUT2D eigenvalue weighted by atomic mass is 15.3. The van der Waals surface area contributed by atoms with Gasteiger partial charge in [0.05, 0.1) is 34.4 Å². The first-order valence-corrected chi connectivity index (χ1v) is 16.3. The van der Waals surface area contributed by atoms with Crippen molar-refractivity contribution in [2.45, 2.75) is 26.2 Å². The Morgan fingerprint density at radius 1 is 0.574 bits per heavy atom. The first-order valence-electron chi connectivity index (χ1n) is 16.3. The number of nitrogens with one attached hydrogen (secondary N) is 1. The Morgan fingerprint density at radius 2 is 1.19 bits per heavy atom. The molecule has 5 aromatic carbocycles. The van der Waals surface area contributed by atoms with Crippen LogP contribution in [0.4, 0.5) is 5.69 Å². The monoisotopic (exact) mass is 609 g/mol. The highest BCUT2D eigenvalue weighted by Crippen LogP contribution is 2.38. The standard InChI is InChI=1S/C42H35N5/c1-42(2,3)29-22-28(36-15-10-11-21-43-36)23-31(24-29)46-37-16-7-4-14-34(37)35-20-19-30(25-40(35)46)45-26-41(44-27-45)47-38-17-8-5-12-32(38)33-13-6-9-18-39(33)47/h4-26,44H,27H2,1-3H3. The lowest BCUT2D eigenvalue weighted by Gasteiger charge is -2.22. The van der Waals surface area contributed by atoms with Crippen LogP contribution in [0.15, 0.2) is 140 Å². The fourth-order valence-electron chi connectivity index (χ4n) is 7.16. The molecule has 8 aromatic rings. The fraction of sp³-hybridized carbons (Fsp3) is 0.119. The van der Waals surface area contributed by atoms with Crippen LogP contribution in [-0.2, 0) is 5.41 Å². The SMILES string of the molecule is CC(C)(C)c1cc(-c2ccccn2)cc(-n2c3ccccc3c3ccc(N4C=C(n5c6ccccc6c6ccccc65)NC4)cc32)c1. The molecule has 0 fully saturated rings. The van der Waals surface area contributed by atoms with E-state index in [0.717, 1.165) is 28.5 Å². The van der Waals surface area contributed by atoms with Gasteiger partial charge in [-0.1, -0.05) is 87.5 Å². The van der Waals surface area contributed by atoms with E-state index >= 15 is 0 Å². The molecule has 47 heavy (non-hydrogen) atoms. The van der Waals surface area contributed by atoms with E-state index in [2.05, 4.69) is 168 Å². The zero-order valence-corrected chi connectivity index (χ0v) is 26.8. The second-order valence-electron chi connectivity index (χ2n) is 13.5. The van der Waals surface area contributed by atoms with Crippen LogP contribution in [0.3, 0.4) is 0 Å². The van der Waals surface area contributed by atoms with E-state index in [1.165, 1.54) is 49.2 Å². The van der Waals surface area contributed by atoms with Gasteiger partial charge >= 0.3 is 0 Å². The molecule has 0 unspecified atom stereocenters. The van der Waals surface area contributed by atoms with Crippen molar-refractivity contribution in [3.63, 3.8) is 0 Å². The quantitative estimate of drug-likeness (QED) is 0.216. The molecule has 1 aliphatic heterocycles. The summed E-state index contributed by atoms with van der Waals surface area (Å²) in [6.45, 7) is 7.52. The lowest BCUT2D eigenvalue weighted by Crippen LogP contribution is -2.21. The number of anilines is 1. The van der Waals surface area contributed by atoms with E-state index in [4.69, 9.17) is 4.98 Å². The summed E-state index contributed by atoms with van der Waals surface area (Å²) in [4.78, 5) is 7.03. The molecular formula is C42H35N5. The van der Waals surface area contributed by atoms with Crippen LogP contribution in [0.25, 0.3) is 66.4 Å². The van der Waals surface area contributed by atoms with Gasteiger partial charge in [-0.2, -0.15) is 0 Å². The molecule has 0 saturated carbocycles. The first-order chi connectivity index (χ1) is 22.9. The minimum absolute atomic E-state index is 0.0291. The zero-order chi connectivity index (χ0) is 31.7. The molecular weight excluding hydrogens is 574 g/mol. The molecule has 0 bridgehead atoms. The lowest BCUT2D eigenvalue weighted by atomic mass is 9.85. The molecule has 0 radical (unpaired) electrons. The van der Waals surface area contributed by atoms with Gasteiger partial charge in [-0.05, 0) is 71.6 Å². The fourth-order valence-corrected chi connectivity index (χ4v) is 7.16. The second-order valence-corrected chi connectivity index (χ2v) is 13.5. The Kier molecular flexibility index (Phi) is 6.06. The van der Waals surface area contributed by atoms with E-state index in [1.54, 1.807) is 0 Å². The third-order valence-corrected chi connectivity index (χ3v) is 9.52. The topological polar surface area (TPSA) is 38.0 Å². The third-order valence-electron chi connectivity index (χ3n) is 9.52. The van der Waals surface area contributed by atoms with Gasteiger partial charge in [0.25, 0.3) is 0 Å². The number of hydrogen-bond acceptors (Lipinski definition) is 3. The van der Waals surface area contributed by atoms with Crippen LogP contribution in [0, 0.1) is 0 Å². The third kappa shape index (κ3) is 4.42. The molecule has 0 saturated heterocycles. The predicted molar refractivity (Wildman–Crippen MR) is 197 cm³/mol. The van der Waals surface area contributed by atoms with Crippen LogP contribution in [0.1, 0.15) is 26.3 Å². The van der Waals surface area contributed by atoms with Gasteiger partial charge in [0.1, 0.15) is 5.82 Å². The molecule has 5 nitrogen and oxygen atoms in total. The summed E-state index contributed by atoms with van der Waals surface area (Å²) < 4.78 is 4.77. The summed E-state index contributed by atoms with van der Waals surface area (Å²) in [5.41, 5.74) is 10.4. The van der Waals surface area contributed by atoms with Crippen molar-refractivity contribution >= 4 is 55.1 Å². The Balaban J connectivity index is 1.22. The highest BCUT2D eigenvalue weighted by Gasteiger charge is 2.22. The average Bonchev–Trinajstić information content (AvgIpc) is 3.80. The molecule has 0 aliphatic carbocycles. The number of para-hydroxylation sites is 3. The largest absolute Gasteiger partial charge is 0.352 e. The smallest absolute Gasteiger partial charge is 0.129 e. The molecule has 0 amide bonds. The second kappa shape index (κ2) is 10.4. The number of fused-ring (bicyclic) bond motifs is 6. The Labute approximate surface area is 274 Å². The van der Waals surface area contributed by atoms with Crippen molar-refractivity contribution in [3.05, 3.63) is 145 Å². The zero-order valence-electron chi connectivity index (χ0n) is 26.8. The summed E-state index contributed by atoms with van der Waals surface area (Å²) in [6, 6.07) is 46.0. The minimum Gasteiger partial charge on any atom is -0.352 e. The van der Waals surface area contributed by atoms with Gasteiger partial charge in [-0.3, -0.25) is 9.55 Å². The maximum Gasteiger partial charge on any atom is 0.129 e. The van der Waals surface area contributed by atoms with Crippen molar-refractivity contribution < 1.29 is 0 Å². The maximum absolute atomic E-state index is 4.72. The molecule has 1 N–H and O–H groups in total. The number of aromatic nitrogens is 3. The highest BCUT2D eigenvalue weighted by molar-refractivity contribution is 6.11. The summed E-state index contributed by atoms with van der Waals surface area (Å²) in [7, 11) is 0. The molecule has 5 heteroatoms. The maximum atomic E-state index is 4.72. The van der Waals surface area contributed by atoms with Gasteiger partial charge < -0.3 is 14.8 Å². The summed E-state index contributed by atoms with van der Waals surface area (Å²) in [6.07, 6.45) is 4.11. The van der Waals surface area contributed by atoms with Crippen LogP contribution in [0.5, 0.6) is 0 Å². The molecule has 0 spiro atoms. The number of nitrogens with zero attached hydrogens (tertiary/aromatic N) is 4. The van der Waals surface area contributed by atoms with E-state index in [1.807, 2.05) is 12.3 Å². The van der Waals surface area contributed by atoms with Gasteiger partial charge in [-0.15, -0.1) is 0 Å². The molecule has 228 valence electrons. The van der Waals surface area contributed by atoms with Crippen LogP contribution in [-0.4, -0.2) is 20.8 Å². The number of rotatable bonds is 4. The van der Waals surface area contributed by atoms with Crippen molar-refractivity contribution in [1.82, 2.24) is 19.4 Å². The summed E-state index contributed by atoms with van der Waals surface area (Å²) in [5, 5.41) is 8.71. The normalized spacial score (nSPS) is 13.6. The van der Waals surface area contributed by atoms with Gasteiger partial charge in [-0.25, -0.2) is 0 Å². The van der Waals surface area contributed by atoms with Crippen LogP contribution >= 0.6 is 0 Å².